The summed E-state index contributed by atoms with van der Waals surface area (Å²) >= 11 is 0. The van der Waals surface area contributed by atoms with Crippen LogP contribution in [0.5, 0.6) is 0 Å². The van der Waals surface area contributed by atoms with Crippen LogP contribution in [0, 0.1) is 0 Å². The highest BCUT2D eigenvalue weighted by Crippen LogP contribution is 2.32. The lowest BCUT2D eigenvalue weighted by Gasteiger charge is -2.39. The Hall–Kier alpha value is -2.04. The molecule has 0 radical (unpaired) electrons. The van der Waals surface area contributed by atoms with Crippen molar-refractivity contribution >= 4 is 17.7 Å². The van der Waals surface area contributed by atoms with Gasteiger partial charge in [-0.05, 0) is 43.4 Å². The minimum atomic E-state index is -1.07. The number of benzene rings is 1. The molecule has 1 fully saturated rings. The van der Waals surface area contributed by atoms with E-state index in [-0.39, 0.29) is 6.03 Å². The van der Waals surface area contributed by atoms with Gasteiger partial charge in [0, 0.05) is 12.7 Å². The van der Waals surface area contributed by atoms with E-state index in [1.807, 2.05) is 24.3 Å². The molecule has 1 aliphatic rings. The first kappa shape index (κ1) is 14.4. The number of carboxylic acid groups (broad SMARTS) is 1. The van der Waals surface area contributed by atoms with Crippen molar-refractivity contribution in [2.45, 2.75) is 38.1 Å². The Bertz CT molecular complexity index is 506. The maximum absolute atomic E-state index is 12.2. The van der Waals surface area contributed by atoms with Crippen LogP contribution in [0.15, 0.2) is 24.3 Å². The lowest BCUT2D eigenvalue weighted by Crippen LogP contribution is -2.61. The fourth-order valence-corrected chi connectivity index (χ4v) is 2.28. The standard InChI is InChI=1S/C15H20N2O3/c1-3-11-5-7-12(8-6-11)17(2)14(20)16-15(13(18)19)9-4-10-15/h5-8H,3-4,9-10H2,1-2H3,(H,16,20)(H,18,19). The van der Waals surface area contributed by atoms with Crippen molar-refractivity contribution in [2.75, 3.05) is 11.9 Å². The molecule has 5 nitrogen and oxygen atoms in total. The molecular formula is C15H20N2O3. The van der Waals surface area contributed by atoms with Gasteiger partial charge in [-0.25, -0.2) is 9.59 Å². The summed E-state index contributed by atoms with van der Waals surface area (Å²) in [5.41, 5.74) is 0.873. The zero-order chi connectivity index (χ0) is 14.8. The Morgan fingerprint density at radius 3 is 2.30 bits per heavy atom. The van der Waals surface area contributed by atoms with Crippen LogP contribution in [0.3, 0.4) is 0 Å². The second kappa shape index (κ2) is 5.53. The van der Waals surface area contributed by atoms with Crippen LogP contribution < -0.4 is 10.2 Å². The number of hydrogen-bond acceptors (Lipinski definition) is 2. The topological polar surface area (TPSA) is 69.6 Å². The second-order valence-electron chi connectivity index (χ2n) is 5.25. The molecule has 20 heavy (non-hydrogen) atoms. The number of aryl methyl sites for hydroxylation is 1. The Labute approximate surface area is 118 Å². The van der Waals surface area contributed by atoms with Crippen LogP contribution in [0.25, 0.3) is 0 Å². The Balaban J connectivity index is 2.06. The van der Waals surface area contributed by atoms with Gasteiger partial charge in [0.2, 0.25) is 0 Å². The zero-order valence-corrected chi connectivity index (χ0v) is 11.8. The first-order valence-electron chi connectivity index (χ1n) is 6.87. The summed E-state index contributed by atoms with van der Waals surface area (Å²) < 4.78 is 0. The summed E-state index contributed by atoms with van der Waals surface area (Å²) in [5.74, 6) is -0.952. The number of amides is 2. The molecule has 2 rings (SSSR count). The molecule has 0 unspecified atom stereocenters. The third-order valence-electron chi connectivity index (χ3n) is 4.00. The average molecular weight is 276 g/mol. The minimum absolute atomic E-state index is 0.378. The van der Waals surface area contributed by atoms with Crippen LogP contribution in [0.4, 0.5) is 10.5 Å². The summed E-state index contributed by atoms with van der Waals surface area (Å²) in [4.78, 5) is 24.9. The normalized spacial score (nSPS) is 16.1. The number of carbonyl (C=O) groups is 2. The largest absolute Gasteiger partial charge is 0.480 e. The summed E-state index contributed by atoms with van der Waals surface area (Å²) in [6, 6.07) is 7.29. The summed E-state index contributed by atoms with van der Waals surface area (Å²) in [7, 11) is 1.64. The predicted octanol–water partition coefficient (Wildman–Crippen LogP) is 2.40. The molecule has 5 heteroatoms. The number of carboxylic acids is 1. The highest BCUT2D eigenvalue weighted by Gasteiger charge is 2.46. The van der Waals surface area contributed by atoms with Crippen molar-refractivity contribution in [3.8, 4) is 0 Å². The van der Waals surface area contributed by atoms with Gasteiger partial charge in [-0.1, -0.05) is 19.1 Å². The lowest BCUT2D eigenvalue weighted by molar-refractivity contribution is -0.148. The van der Waals surface area contributed by atoms with Crippen molar-refractivity contribution in [2.24, 2.45) is 0 Å². The molecule has 1 aromatic rings. The molecule has 1 aliphatic carbocycles. The van der Waals surface area contributed by atoms with Crippen LogP contribution in [0.2, 0.25) is 0 Å². The number of anilines is 1. The molecule has 0 aromatic heterocycles. The molecule has 0 saturated heterocycles. The van der Waals surface area contributed by atoms with Crippen molar-refractivity contribution in [1.82, 2.24) is 5.32 Å². The number of carbonyl (C=O) groups excluding carboxylic acids is 1. The highest BCUT2D eigenvalue weighted by atomic mass is 16.4. The summed E-state index contributed by atoms with van der Waals surface area (Å²) in [6.45, 7) is 2.07. The summed E-state index contributed by atoms with van der Waals surface area (Å²) in [5, 5.41) is 11.9. The molecule has 108 valence electrons. The highest BCUT2D eigenvalue weighted by molar-refractivity contribution is 5.95. The Morgan fingerprint density at radius 1 is 1.30 bits per heavy atom. The molecule has 1 aromatic carbocycles. The van der Waals surface area contributed by atoms with Crippen molar-refractivity contribution in [1.29, 1.82) is 0 Å². The average Bonchev–Trinajstić information content (AvgIpc) is 2.41. The smallest absolute Gasteiger partial charge is 0.329 e. The SMILES string of the molecule is CCc1ccc(N(C)C(=O)NC2(C(=O)O)CCC2)cc1. The van der Waals surface area contributed by atoms with E-state index in [1.54, 1.807) is 7.05 Å². The molecule has 0 heterocycles. The fraction of sp³-hybridized carbons (Fsp3) is 0.467. The number of rotatable bonds is 4. The van der Waals surface area contributed by atoms with Crippen LogP contribution in [0.1, 0.15) is 31.7 Å². The predicted molar refractivity (Wildman–Crippen MR) is 77.0 cm³/mol. The van der Waals surface area contributed by atoms with E-state index in [9.17, 15) is 14.7 Å². The number of aliphatic carboxylic acids is 1. The van der Waals surface area contributed by atoms with Gasteiger partial charge in [-0.15, -0.1) is 0 Å². The van der Waals surface area contributed by atoms with Gasteiger partial charge in [-0.3, -0.25) is 4.90 Å². The van der Waals surface area contributed by atoms with Crippen LogP contribution in [-0.2, 0) is 11.2 Å². The van der Waals surface area contributed by atoms with E-state index in [2.05, 4.69) is 12.2 Å². The van der Waals surface area contributed by atoms with E-state index in [0.29, 0.717) is 12.8 Å². The molecule has 0 aliphatic heterocycles. The van der Waals surface area contributed by atoms with Crippen molar-refractivity contribution in [3.63, 3.8) is 0 Å². The van der Waals surface area contributed by atoms with E-state index >= 15 is 0 Å². The molecule has 2 N–H and O–H groups in total. The molecule has 2 amide bonds. The Morgan fingerprint density at radius 2 is 1.90 bits per heavy atom. The maximum Gasteiger partial charge on any atom is 0.329 e. The molecule has 0 spiro atoms. The summed E-state index contributed by atoms with van der Waals surface area (Å²) in [6.07, 6.45) is 2.77. The first-order chi connectivity index (χ1) is 9.48. The van der Waals surface area contributed by atoms with Gasteiger partial charge in [-0.2, -0.15) is 0 Å². The molecule has 1 saturated carbocycles. The number of nitrogens with zero attached hydrogens (tertiary/aromatic N) is 1. The van der Waals surface area contributed by atoms with E-state index < -0.39 is 11.5 Å². The van der Waals surface area contributed by atoms with E-state index in [0.717, 1.165) is 18.5 Å². The first-order valence-corrected chi connectivity index (χ1v) is 6.87. The third kappa shape index (κ3) is 2.61. The minimum Gasteiger partial charge on any atom is -0.480 e. The lowest BCUT2D eigenvalue weighted by atomic mass is 9.77. The van der Waals surface area contributed by atoms with Crippen LogP contribution in [-0.4, -0.2) is 29.7 Å². The second-order valence-corrected chi connectivity index (χ2v) is 5.25. The molecule has 0 bridgehead atoms. The fourth-order valence-electron chi connectivity index (χ4n) is 2.28. The molecular weight excluding hydrogens is 256 g/mol. The van der Waals surface area contributed by atoms with E-state index in [1.165, 1.54) is 10.5 Å². The van der Waals surface area contributed by atoms with Gasteiger partial charge in [0.15, 0.2) is 0 Å². The van der Waals surface area contributed by atoms with Crippen molar-refractivity contribution in [3.05, 3.63) is 29.8 Å². The van der Waals surface area contributed by atoms with Gasteiger partial charge in [0.05, 0.1) is 0 Å². The molecule has 0 atom stereocenters. The van der Waals surface area contributed by atoms with Crippen LogP contribution >= 0.6 is 0 Å². The zero-order valence-electron chi connectivity index (χ0n) is 11.8. The van der Waals surface area contributed by atoms with Gasteiger partial charge in [0.25, 0.3) is 0 Å². The maximum atomic E-state index is 12.2. The number of hydrogen-bond donors (Lipinski definition) is 2. The number of urea groups is 1. The monoisotopic (exact) mass is 276 g/mol. The van der Waals surface area contributed by atoms with E-state index in [4.69, 9.17) is 0 Å². The van der Waals surface area contributed by atoms with Gasteiger partial charge in [0.1, 0.15) is 5.54 Å². The number of nitrogens with one attached hydrogen (secondary N) is 1. The van der Waals surface area contributed by atoms with Gasteiger partial charge < -0.3 is 10.4 Å². The van der Waals surface area contributed by atoms with Gasteiger partial charge >= 0.3 is 12.0 Å². The third-order valence-corrected chi connectivity index (χ3v) is 4.00. The Kier molecular flexibility index (Phi) is 3.97. The quantitative estimate of drug-likeness (QED) is 0.887. The van der Waals surface area contributed by atoms with Crippen molar-refractivity contribution < 1.29 is 14.7 Å².